The topological polar surface area (TPSA) is 9.23 Å². The number of rotatable bonds is 4. The summed E-state index contributed by atoms with van der Waals surface area (Å²) in [6, 6.07) is 0. The van der Waals surface area contributed by atoms with Gasteiger partial charge in [0.15, 0.2) is 0 Å². The van der Waals surface area contributed by atoms with Crippen molar-refractivity contribution < 1.29 is 4.74 Å². The Kier molecular flexibility index (Phi) is 5.92. The Balaban J connectivity index is 2.12. The van der Waals surface area contributed by atoms with E-state index in [0.29, 0.717) is 6.10 Å². The number of unbranched alkanes of at least 4 members (excludes halogenated alkanes) is 1. The zero-order valence-corrected chi connectivity index (χ0v) is 8.80. The van der Waals surface area contributed by atoms with Crippen LogP contribution in [0, 0.1) is 0 Å². The zero-order chi connectivity index (χ0) is 9.36. The Labute approximate surface area is 82.2 Å². The van der Waals surface area contributed by atoms with Gasteiger partial charge in [-0.15, -0.1) is 0 Å². The molecule has 1 heteroatoms. The molecule has 0 amide bonds. The predicted molar refractivity (Wildman–Crippen MR) is 56.9 cm³/mol. The zero-order valence-electron chi connectivity index (χ0n) is 8.80. The molecule has 1 atom stereocenters. The summed E-state index contributed by atoms with van der Waals surface area (Å²) in [6.07, 6.45) is 13.8. The molecule has 0 heterocycles. The Morgan fingerprint density at radius 2 is 2.08 bits per heavy atom. The summed E-state index contributed by atoms with van der Waals surface area (Å²) in [7, 11) is 0. The van der Waals surface area contributed by atoms with Crippen molar-refractivity contribution >= 4 is 0 Å². The molecule has 0 saturated heterocycles. The molecule has 1 aliphatic rings. The van der Waals surface area contributed by atoms with Gasteiger partial charge in [-0.25, -0.2) is 0 Å². The van der Waals surface area contributed by atoms with Crippen LogP contribution in [0.4, 0.5) is 0 Å². The summed E-state index contributed by atoms with van der Waals surface area (Å²) in [5.41, 5.74) is 0. The highest BCUT2D eigenvalue weighted by molar-refractivity contribution is 4.85. The molecule has 0 N–H and O–H groups in total. The van der Waals surface area contributed by atoms with Crippen LogP contribution in [0.5, 0.6) is 0 Å². The predicted octanol–water partition coefficient (Wildman–Crippen LogP) is 3.69. The van der Waals surface area contributed by atoms with Crippen molar-refractivity contribution in [2.24, 2.45) is 0 Å². The average Bonchev–Trinajstić information content (AvgIpc) is 2.08. The van der Waals surface area contributed by atoms with Crippen molar-refractivity contribution in [1.29, 1.82) is 0 Å². The van der Waals surface area contributed by atoms with Gasteiger partial charge in [-0.3, -0.25) is 0 Å². The van der Waals surface area contributed by atoms with Crippen LogP contribution in [0.15, 0.2) is 12.2 Å². The maximum absolute atomic E-state index is 5.82. The molecular weight excluding hydrogens is 160 g/mol. The molecule has 0 aromatic carbocycles. The average molecular weight is 182 g/mol. The van der Waals surface area contributed by atoms with E-state index in [0.717, 1.165) is 6.61 Å². The second kappa shape index (κ2) is 7.14. The van der Waals surface area contributed by atoms with Crippen LogP contribution < -0.4 is 0 Å². The van der Waals surface area contributed by atoms with Crippen LogP contribution in [0.1, 0.15) is 51.9 Å². The molecule has 1 aliphatic carbocycles. The fraction of sp³-hybridized carbons (Fsp3) is 0.833. The Morgan fingerprint density at radius 3 is 2.92 bits per heavy atom. The van der Waals surface area contributed by atoms with Gasteiger partial charge in [0.1, 0.15) is 0 Å². The molecule has 13 heavy (non-hydrogen) atoms. The molecular formula is C12H22O. The van der Waals surface area contributed by atoms with Crippen LogP contribution in [0.2, 0.25) is 0 Å². The van der Waals surface area contributed by atoms with Crippen LogP contribution in [0.3, 0.4) is 0 Å². The van der Waals surface area contributed by atoms with Gasteiger partial charge in [0.05, 0.1) is 6.10 Å². The van der Waals surface area contributed by atoms with Crippen molar-refractivity contribution in [2.45, 2.75) is 58.0 Å². The van der Waals surface area contributed by atoms with Gasteiger partial charge in [0.2, 0.25) is 0 Å². The minimum absolute atomic E-state index is 0.538. The first kappa shape index (κ1) is 10.8. The summed E-state index contributed by atoms with van der Waals surface area (Å²) in [5, 5.41) is 0. The van der Waals surface area contributed by atoms with E-state index in [-0.39, 0.29) is 0 Å². The van der Waals surface area contributed by atoms with Crippen LogP contribution in [-0.2, 0) is 4.74 Å². The van der Waals surface area contributed by atoms with Crippen molar-refractivity contribution in [1.82, 2.24) is 0 Å². The van der Waals surface area contributed by atoms with E-state index < -0.39 is 0 Å². The first-order valence-electron chi connectivity index (χ1n) is 5.70. The monoisotopic (exact) mass is 182 g/mol. The summed E-state index contributed by atoms with van der Waals surface area (Å²) in [6.45, 7) is 3.18. The van der Waals surface area contributed by atoms with E-state index in [9.17, 15) is 0 Å². The van der Waals surface area contributed by atoms with E-state index in [1.807, 2.05) is 0 Å². The van der Waals surface area contributed by atoms with Gasteiger partial charge in [0, 0.05) is 6.61 Å². The first-order valence-corrected chi connectivity index (χ1v) is 5.70. The fourth-order valence-electron chi connectivity index (χ4n) is 1.69. The minimum atomic E-state index is 0.538. The Morgan fingerprint density at radius 1 is 1.23 bits per heavy atom. The third-order valence-corrected chi connectivity index (χ3v) is 2.57. The number of hydrogen-bond donors (Lipinski definition) is 0. The van der Waals surface area contributed by atoms with E-state index in [1.165, 1.54) is 44.9 Å². The summed E-state index contributed by atoms with van der Waals surface area (Å²) in [4.78, 5) is 0. The number of ether oxygens (including phenoxy) is 1. The Hall–Kier alpha value is -0.300. The van der Waals surface area contributed by atoms with E-state index in [2.05, 4.69) is 19.1 Å². The highest BCUT2D eigenvalue weighted by Crippen LogP contribution is 2.15. The highest BCUT2D eigenvalue weighted by atomic mass is 16.5. The molecule has 1 nitrogen and oxygen atoms in total. The molecule has 1 unspecified atom stereocenters. The van der Waals surface area contributed by atoms with E-state index >= 15 is 0 Å². The second-order valence-corrected chi connectivity index (χ2v) is 3.83. The third kappa shape index (κ3) is 5.09. The SMILES string of the molecule is CCCCOC1CCC=CCCC1. The molecule has 0 saturated carbocycles. The smallest absolute Gasteiger partial charge is 0.0578 e. The lowest BCUT2D eigenvalue weighted by molar-refractivity contribution is 0.0388. The number of allylic oxidation sites excluding steroid dienone is 2. The molecule has 76 valence electrons. The lowest BCUT2D eigenvalue weighted by Crippen LogP contribution is -2.14. The van der Waals surface area contributed by atoms with Crippen LogP contribution in [-0.4, -0.2) is 12.7 Å². The van der Waals surface area contributed by atoms with Gasteiger partial charge < -0.3 is 4.74 Å². The molecule has 0 aliphatic heterocycles. The lowest BCUT2D eigenvalue weighted by Gasteiger charge is -2.18. The first-order chi connectivity index (χ1) is 6.43. The van der Waals surface area contributed by atoms with Crippen molar-refractivity contribution in [3.8, 4) is 0 Å². The highest BCUT2D eigenvalue weighted by Gasteiger charge is 2.08. The molecule has 0 fully saturated rings. The van der Waals surface area contributed by atoms with Gasteiger partial charge in [-0.1, -0.05) is 25.5 Å². The third-order valence-electron chi connectivity index (χ3n) is 2.57. The van der Waals surface area contributed by atoms with Crippen LogP contribution in [0.25, 0.3) is 0 Å². The Bertz CT molecular complexity index is 140. The standard InChI is InChI=1S/C12H22O/c1-2-3-11-13-12-9-7-5-4-6-8-10-12/h4-5,12H,2-3,6-11H2,1H3. The molecule has 1 rings (SSSR count). The fourth-order valence-corrected chi connectivity index (χ4v) is 1.69. The molecule has 0 spiro atoms. The van der Waals surface area contributed by atoms with Crippen LogP contribution >= 0.6 is 0 Å². The van der Waals surface area contributed by atoms with Crippen molar-refractivity contribution in [3.63, 3.8) is 0 Å². The van der Waals surface area contributed by atoms with E-state index in [4.69, 9.17) is 4.74 Å². The largest absolute Gasteiger partial charge is 0.378 e. The summed E-state index contributed by atoms with van der Waals surface area (Å²) < 4.78 is 5.82. The van der Waals surface area contributed by atoms with Gasteiger partial charge in [-0.05, 0) is 38.5 Å². The quantitative estimate of drug-likeness (QED) is 0.476. The molecule has 0 bridgehead atoms. The molecule has 0 aromatic heterocycles. The molecule has 0 aromatic rings. The number of hydrogen-bond acceptors (Lipinski definition) is 1. The maximum atomic E-state index is 5.82. The van der Waals surface area contributed by atoms with Gasteiger partial charge in [-0.2, -0.15) is 0 Å². The van der Waals surface area contributed by atoms with Gasteiger partial charge in [0.25, 0.3) is 0 Å². The maximum Gasteiger partial charge on any atom is 0.0578 e. The van der Waals surface area contributed by atoms with E-state index in [1.54, 1.807) is 0 Å². The lowest BCUT2D eigenvalue weighted by atomic mass is 10.0. The molecule has 0 radical (unpaired) electrons. The van der Waals surface area contributed by atoms with Gasteiger partial charge >= 0.3 is 0 Å². The second-order valence-electron chi connectivity index (χ2n) is 3.83. The van der Waals surface area contributed by atoms with Crippen molar-refractivity contribution in [3.05, 3.63) is 12.2 Å². The summed E-state index contributed by atoms with van der Waals surface area (Å²) >= 11 is 0. The minimum Gasteiger partial charge on any atom is -0.378 e. The normalized spacial score (nSPS) is 23.9. The summed E-state index contributed by atoms with van der Waals surface area (Å²) in [5.74, 6) is 0. The van der Waals surface area contributed by atoms with Crippen molar-refractivity contribution in [2.75, 3.05) is 6.61 Å².